The number of halogens is 2. The van der Waals surface area contributed by atoms with Crippen molar-refractivity contribution >= 4 is 33.5 Å². The van der Waals surface area contributed by atoms with E-state index in [0.717, 1.165) is 6.07 Å². The first-order chi connectivity index (χ1) is 9.88. The summed E-state index contributed by atoms with van der Waals surface area (Å²) in [4.78, 5) is 26.5. The highest BCUT2D eigenvalue weighted by Crippen LogP contribution is 2.24. The van der Waals surface area contributed by atoms with Crippen molar-refractivity contribution in [3.8, 4) is 0 Å². The Labute approximate surface area is 128 Å². The number of carbonyl (C=O) groups excluding carboxylic acids is 1. The van der Waals surface area contributed by atoms with Crippen molar-refractivity contribution in [2.24, 2.45) is 0 Å². The Balaban J connectivity index is 2.28. The number of carboxylic acid groups (broad SMARTS) is 1. The van der Waals surface area contributed by atoms with Crippen molar-refractivity contribution in [2.75, 3.05) is 5.32 Å². The normalized spacial score (nSPS) is 10.2. The molecule has 7 heteroatoms. The molecule has 1 heterocycles. The summed E-state index contributed by atoms with van der Waals surface area (Å²) < 4.78 is 13.8. The van der Waals surface area contributed by atoms with E-state index in [4.69, 9.17) is 5.11 Å². The van der Waals surface area contributed by atoms with E-state index in [9.17, 15) is 14.0 Å². The number of carbonyl (C=O) groups is 2. The fourth-order valence-electron chi connectivity index (χ4n) is 1.66. The summed E-state index contributed by atoms with van der Waals surface area (Å²) in [6.07, 6.45) is 1.23. The minimum Gasteiger partial charge on any atom is -0.477 e. The maximum absolute atomic E-state index is 13.5. The van der Waals surface area contributed by atoms with Crippen molar-refractivity contribution in [2.45, 2.75) is 6.92 Å². The van der Waals surface area contributed by atoms with Crippen molar-refractivity contribution in [1.29, 1.82) is 0 Å². The van der Waals surface area contributed by atoms with Crippen LogP contribution in [0.5, 0.6) is 0 Å². The number of aromatic nitrogens is 1. The van der Waals surface area contributed by atoms with Gasteiger partial charge in [-0.1, -0.05) is 0 Å². The summed E-state index contributed by atoms with van der Waals surface area (Å²) in [6.45, 7) is 1.72. The Bertz CT molecular complexity index is 734. The lowest BCUT2D eigenvalue weighted by molar-refractivity contribution is 0.0690. The molecule has 0 bridgehead atoms. The van der Waals surface area contributed by atoms with E-state index in [1.807, 2.05) is 0 Å². The van der Waals surface area contributed by atoms with Crippen LogP contribution < -0.4 is 5.32 Å². The molecule has 1 aromatic heterocycles. The molecular weight excluding hydrogens is 343 g/mol. The molecule has 2 rings (SSSR count). The highest BCUT2D eigenvalue weighted by molar-refractivity contribution is 9.10. The fraction of sp³-hybridized carbons (Fsp3) is 0.0714. The lowest BCUT2D eigenvalue weighted by Crippen LogP contribution is -2.14. The van der Waals surface area contributed by atoms with Gasteiger partial charge in [0.05, 0.1) is 4.47 Å². The molecule has 1 aromatic carbocycles. The number of pyridine rings is 1. The molecule has 0 saturated carbocycles. The molecule has 5 nitrogen and oxygen atoms in total. The highest BCUT2D eigenvalue weighted by atomic mass is 79.9. The molecule has 0 aliphatic carbocycles. The first kappa shape index (κ1) is 15.1. The third-order valence-electron chi connectivity index (χ3n) is 2.76. The van der Waals surface area contributed by atoms with Crippen LogP contribution in [0.4, 0.5) is 10.1 Å². The summed E-state index contributed by atoms with van der Waals surface area (Å²) in [5, 5.41) is 11.4. The van der Waals surface area contributed by atoms with Crippen molar-refractivity contribution in [1.82, 2.24) is 4.98 Å². The minimum absolute atomic E-state index is 0.130. The molecule has 1 amide bonds. The van der Waals surface area contributed by atoms with Crippen LogP contribution in [0.3, 0.4) is 0 Å². The fourth-order valence-corrected chi connectivity index (χ4v) is 2.12. The van der Waals surface area contributed by atoms with Gasteiger partial charge in [-0.3, -0.25) is 4.79 Å². The van der Waals surface area contributed by atoms with E-state index >= 15 is 0 Å². The van der Waals surface area contributed by atoms with E-state index in [1.54, 1.807) is 13.0 Å². The molecule has 21 heavy (non-hydrogen) atoms. The molecule has 0 aliphatic rings. The molecule has 0 spiro atoms. The third-order valence-corrected chi connectivity index (χ3v) is 3.36. The van der Waals surface area contributed by atoms with Gasteiger partial charge in [-0.25, -0.2) is 14.2 Å². The van der Waals surface area contributed by atoms with Crippen molar-refractivity contribution in [3.05, 3.63) is 57.6 Å². The molecule has 2 aromatic rings. The number of hydrogen-bond acceptors (Lipinski definition) is 3. The monoisotopic (exact) mass is 352 g/mol. The van der Waals surface area contributed by atoms with E-state index in [0.29, 0.717) is 15.7 Å². The standard InChI is InChI=1S/C14H10BrFN2O3/c1-7-4-9(15)10(16)6-11(7)18-13(19)8-2-3-17-12(5-8)14(20)21/h2-6H,1H3,(H,18,19)(H,20,21). The number of rotatable bonds is 3. The van der Waals surface area contributed by atoms with Gasteiger partial charge in [0.1, 0.15) is 11.5 Å². The molecule has 0 atom stereocenters. The smallest absolute Gasteiger partial charge is 0.354 e. The zero-order valence-electron chi connectivity index (χ0n) is 10.9. The van der Waals surface area contributed by atoms with Crippen LogP contribution in [0.2, 0.25) is 0 Å². The van der Waals surface area contributed by atoms with Gasteiger partial charge < -0.3 is 10.4 Å². The Morgan fingerprint density at radius 3 is 2.71 bits per heavy atom. The topological polar surface area (TPSA) is 79.3 Å². The molecular formula is C14H10BrFN2O3. The molecule has 0 radical (unpaired) electrons. The second kappa shape index (κ2) is 6.01. The third kappa shape index (κ3) is 3.43. The summed E-state index contributed by atoms with van der Waals surface area (Å²) in [5.74, 6) is -2.27. The number of amides is 1. The Morgan fingerprint density at radius 2 is 2.05 bits per heavy atom. The quantitative estimate of drug-likeness (QED) is 0.888. The number of hydrogen-bond donors (Lipinski definition) is 2. The Hall–Kier alpha value is -2.28. The molecule has 0 saturated heterocycles. The van der Waals surface area contributed by atoms with Crippen molar-refractivity contribution < 1.29 is 19.1 Å². The molecule has 0 unspecified atom stereocenters. The number of nitrogens with one attached hydrogen (secondary N) is 1. The number of aromatic carboxylic acids is 1. The van der Waals surface area contributed by atoms with Crippen molar-refractivity contribution in [3.63, 3.8) is 0 Å². The lowest BCUT2D eigenvalue weighted by Gasteiger charge is -2.09. The number of nitrogens with zero attached hydrogens (tertiary/aromatic N) is 1. The molecule has 2 N–H and O–H groups in total. The number of anilines is 1. The predicted octanol–water partition coefficient (Wildman–Crippen LogP) is 3.24. The number of aryl methyl sites for hydroxylation is 1. The van der Waals surface area contributed by atoms with Crippen LogP contribution >= 0.6 is 15.9 Å². The Morgan fingerprint density at radius 1 is 1.33 bits per heavy atom. The van der Waals surface area contributed by atoms with E-state index < -0.39 is 17.7 Å². The second-order valence-corrected chi connectivity index (χ2v) is 5.12. The summed E-state index contributed by atoms with van der Waals surface area (Å²) >= 11 is 3.06. The summed E-state index contributed by atoms with van der Waals surface area (Å²) in [7, 11) is 0. The van der Waals surface area contributed by atoms with Crippen LogP contribution in [0.25, 0.3) is 0 Å². The van der Waals surface area contributed by atoms with E-state index in [1.165, 1.54) is 18.3 Å². The van der Waals surface area contributed by atoms with Gasteiger partial charge in [0, 0.05) is 17.4 Å². The average Bonchev–Trinajstić information content (AvgIpc) is 2.44. The van der Waals surface area contributed by atoms with Gasteiger partial charge in [0.2, 0.25) is 0 Å². The second-order valence-electron chi connectivity index (χ2n) is 4.27. The van der Waals surface area contributed by atoms with Crippen LogP contribution in [0.15, 0.2) is 34.9 Å². The zero-order chi connectivity index (χ0) is 15.6. The zero-order valence-corrected chi connectivity index (χ0v) is 12.4. The number of carboxylic acids is 1. The average molecular weight is 353 g/mol. The van der Waals surface area contributed by atoms with Crippen LogP contribution in [-0.4, -0.2) is 22.0 Å². The van der Waals surface area contributed by atoms with Gasteiger partial charge in [-0.2, -0.15) is 0 Å². The summed E-state index contributed by atoms with van der Waals surface area (Å²) in [5.41, 5.74) is 0.880. The van der Waals surface area contributed by atoms with Gasteiger partial charge in [-0.05, 0) is 52.7 Å². The van der Waals surface area contributed by atoms with Gasteiger partial charge >= 0.3 is 5.97 Å². The molecule has 108 valence electrons. The maximum Gasteiger partial charge on any atom is 0.354 e. The van der Waals surface area contributed by atoms with E-state index in [-0.39, 0.29) is 11.3 Å². The highest BCUT2D eigenvalue weighted by Gasteiger charge is 2.13. The van der Waals surface area contributed by atoms with E-state index in [2.05, 4.69) is 26.2 Å². The van der Waals surface area contributed by atoms with Crippen LogP contribution in [0, 0.1) is 12.7 Å². The predicted molar refractivity (Wildman–Crippen MR) is 78.0 cm³/mol. The lowest BCUT2D eigenvalue weighted by atomic mass is 10.1. The maximum atomic E-state index is 13.5. The summed E-state index contributed by atoms with van der Waals surface area (Å²) in [6, 6.07) is 5.27. The van der Waals surface area contributed by atoms with Gasteiger partial charge in [-0.15, -0.1) is 0 Å². The SMILES string of the molecule is Cc1cc(Br)c(F)cc1NC(=O)c1ccnc(C(=O)O)c1. The van der Waals surface area contributed by atoms with Crippen LogP contribution in [0.1, 0.15) is 26.4 Å². The first-order valence-corrected chi connectivity index (χ1v) is 6.64. The molecule has 0 fully saturated rings. The van der Waals surface area contributed by atoms with Gasteiger partial charge in [0.15, 0.2) is 0 Å². The largest absolute Gasteiger partial charge is 0.477 e. The number of benzene rings is 1. The Kier molecular flexibility index (Phi) is 4.32. The van der Waals surface area contributed by atoms with Crippen LogP contribution in [-0.2, 0) is 0 Å². The first-order valence-electron chi connectivity index (χ1n) is 5.85. The van der Waals surface area contributed by atoms with Gasteiger partial charge in [0.25, 0.3) is 5.91 Å². The minimum atomic E-state index is -1.23. The molecule has 0 aliphatic heterocycles.